The van der Waals surface area contributed by atoms with Crippen LogP contribution in [0, 0.1) is 13.8 Å². The number of hydrogen-bond acceptors (Lipinski definition) is 2. The van der Waals surface area contributed by atoms with Gasteiger partial charge in [-0.1, -0.05) is 270 Å². The quantitative estimate of drug-likeness (QED) is 0.161. The summed E-state index contributed by atoms with van der Waals surface area (Å²) in [5, 5.41) is 0. The van der Waals surface area contributed by atoms with Gasteiger partial charge in [0.1, 0.15) is 0 Å². The van der Waals surface area contributed by atoms with Crippen LogP contribution in [0.5, 0.6) is 0 Å². The van der Waals surface area contributed by atoms with Crippen molar-refractivity contribution < 1.29 is 0 Å². The molecule has 0 heterocycles. The van der Waals surface area contributed by atoms with Gasteiger partial charge >= 0.3 is 0 Å². The maximum absolute atomic E-state index is 6.17. The molecule has 86 heavy (non-hydrogen) atoms. The van der Waals surface area contributed by atoms with E-state index in [2.05, 4.69) is 337 Å². The molecule has 12 aromatic rings. The first-order valence-corrected chi connectivity index (χ1v) is 30.8. The predicted molar refractivity (Wildman–Crippen MR) is 370 cm³/mol. The van der Waals surface area contributed by atoms with Crippen molar-refractivity contribution >= 4 is 38.7 Å². The Balaban J connectivity index is 0.000000154. The summed E-state index contributed by atoms with van der Waals surface area (Å²) in [5.74, 6) is 0. The molecule has 0 spiro atoms. The number of hydrogen-bond donors (Lipinski definition) is 1. The zero-order valence-corrected chi connectivity index (χ0v) is 52.0. The van der Waals surface area contributed by atoms with Gasteiger partial charge in [-0.3, -0.25) is 0 Å². The minimum Gasteiger partial charge on any atom is -0.398 e. The standard InChI is InChI=1S/C49H41N.C19H17N.C15H13Br/c1-32-15-9-10-18-37(32)42-29-34(33-16-7-6-8-17-33)23-28-47(42)50(35-24-26-40-38-19-11-13-21-43(38)48(2,3)45(40)30-35)36-25-27-41-39-20-12-14-22-44(39)49(4,5)46(41)31-36;1-14-7-5-6-10-17(14)18-13-16(11-12-19(18)20)15-8-3-2-4-9-15;1-15(2)13-6-4-3-5-11(13)12-8-7-10(16)9-14(12)15/h6-31H,1-5H3;2-13H,20H2,1H3;3-9H,1-2H3. The molecule has 0 bridgehead atoms. The molecule has 12 aromatic carbocycles. The molecule has 0 saturated heterocycles. The molecule has 0 aliphatic heterocycles. The predicted octanol–water partition coefficient (Wildman–Crippen LogP) is 23.1. The first-order valence-electron chi connectivity index (χ1n) is 30.0. The third kappa shape index (κ3) is 9.88. The van der Waals surface area contributed by atoms with Crippen LogP contribution in [0.3, 0.4) is 0 Å². The summed E-state index contributed by atoms with van der Waals surface area (Å²) >= 11 is 3.56. The van der Waals surface area contributed by atoms with Crippen LogP contribution in [-0.2, 0) is 16.2 Å². The second-order valence-corrected chi connectivity index (χ2v) is 25.8. The Labute approximate surface area is 517 Å². The van der Waals surface area contributed by atoms with Gasteiger partial charge in [0.2, 0.25) is 0 Å². The molecule has 3 heteroatoms. The number of nitrogen functional groups attached to an aromatic ring is 1. The van der Waals surface area contributed by atoms with E-state index < -0.39 is 0 Å². The van der Waals surface area contributed by atoms with Crippen LogP contribution in [0.2, 0.25) is 0 Å². The van der Waals surface area contributed by atoms with Crippen LogP contribution in [0.1, 0.15) is 86.1 Å². The van der Waals surface area contributed by atoms with E-state index in [0.717, 1.165) is 15.7 Å². The van der Waals surface area contributed by atoms with E-state index in [1.165, 1.54) is 134 Å². The Morgan fingerprint density at radius 3 is 1.08 bits per heavy atom. The molecule has 0 fully saturated rings. The Morgan fingerprint density at radius 2 is 0.628 bits per heavy atom. The van der Waals surface area contributed by atoms with Crippen molar-refractivity contribution in [3.05, 3.63) is 322 Å². The highest BCUT2D eigenvalue weighted by atomic mass is 79.9. The van der Waals surface area contributed by atoms with Crippen molar-refractivity contribution in [1.82, 2.24) is 0 Å². The molecule has 3 aliphatic carbocycles. The number of anilines is 4. The molecule has 0 amide bonds. The Hall–Kier alpha value is -9.28. The van der Waals surface area contributed by atoms with Crippen molar-refractivity contribution in [2.45, 2.75) is 71.6 Å². The SMILES string of the molecule is CC1(C)c2ccccc2-c2ccc(Br)cc21.Cc1ccccc1-c1cc(-c2ccccc2)ccc1N.Cc1ccccc1-c1cc(-c2ccccc2)ccc1N(c1ccc2c(c1)C(C)(C)c1ccccc1-2)c1ccc2c(c1)C(C)(C)c1ccccc1-2. The summed E-state index contributed by atoms with van der Waals surface area (Å²) in [6.07, 6.45) is 0. The zero-order valence-electron chi connectivity index (χ0n) is 50.4. The maximum Gasteiger partial charge on any atom is 0.0540 e. The van der Waals surface area contributed by atoms with Gasteiger partial charge in [0.05, 0.1) is 5.69 Å². The summed E-state index contributed by atoms with van der Waals surface area (Å²) < 4.78 is 1.16. The summed E-state index contributed by atoms with van der Waals surface area (Å²) in [5.41, 5.74) is 39.0. The minimum absolute atomic E-state index is 0.106. The highest BCUT2D eigenvalue weighted by molar-refractivity contribution is 9.10. The first-order chi connectivity index (χ1) is 41.6. The second kappa shape index (κ2) is 22.3. The maximum atomic E-state index is 6.17. The topological polar surface area (TPSA) is 29.3 Å². The van der Waals surface area contributed by atoms with Crippen LogP contribution in [0.4, 0.5) is 22.7 Å². The molecular weight excluding hydrogens is 1100 g/mol. The lowest BCUT2D eigenvalue weighted by molar-refractivity contribution is 0.660. The van der Waals surface area contributed by atoms with Crippen LogP contribution in [0.25, 0.3) is 77.9 Å². The van der Waals surface area contributed by atoms with E-state index in [0.29, 0.717) is 0 Å². The van der Waals surface area contributed by atoms with Crippen molar-refractivity contribution in [3.8, 4) is 77.9 Å². The second-order valence-electron chi connectivity index (χ2n) is 24.9. The average Bonchev–Trinajstić information content (AvgIpc) is 1.61. The Morgan fingerprint density at radius 1 is 0.279 bits per heavy atom. The van der Waals surface area contributed by atoms with Crippen LogP contribution < -0.4 is 10.6 Å². The van der Waals surface area contributed by atoms with Crippen molar-refractivity contribution in [2.24, 2.45) is 0 Å². The van der Waals surface area contributed by atoms with Gasteiger partial charge in [-0.15, -0.1) is 0 Å². The minimum atomic E-state index is -0.106. The van der Waals surface area contributed by atoms with Gasteiger partial charge in [-0.2, -0.15) is 0 Å². The molecule has 0 aromatic heterocycles. The molecule has 3 aliphatic rings. The molecule has 0 unspecified atom stereocenters. The number of aryl methyl sites for hydroxylation is 2. The van der Waals surface area contributed by atoms with Crippen LogP contribution in [-0.4, -0.2) is 0 Å². The summed E-state index contributed by atoms with van der Waals surface area (Å²) in [6, 6.07) is 98.9. The third-order valence-electron chi connectivity index (χ3n) is 18.6. The van der Waals surface area contributed by atoms with Gasteiger partial charge in [-0.05, 0) is 186 Å². The molecule has 0 atom stereocenters. The third-order valence-corrected chi connectivity index (χ3v) is 19.1. The van der Waals surface area contributed by atoms with Crippen molar-refractivity contribution in [1.29, 1.82) is 0 Å². The first kappa shape index (κ1) is 55.9. The Kier molecular flexibility index (Phi) is 14.5. The van der Waals surface area contributed by atoms with E-state index in [1.807, 2.05) is 12.1 Å². The number of fused-ring (bicyclic) bond motifs is 9. The van der Waals surface area contributed by atoms with Gasteiger partial charge in [0, 0.05) is 48.9 Å². The highest BCUT2D eigenvalue weighted by Crippen LogP contribution is 2.55. The van der Waals surface area contributed by atoms with Gasteiger partial charge in [0.15, 0.2) is 0 Å². The lowest BCUT2D eigenvalue weighted by Gasteiger charge is -2.31. The fourth-order valence-electron chi connectivity index (χ4n) is 13.9. The molecular formula is C83H71BrN2. The molecule has 420 valence electrons. The Bertz CT molecular complexity index is 4440. The molecule has 2 nitrogen and oxygen atoms in total. The number of rotatable bonds is 7. The van der Waals surface area contributed by atoms with E-state index in [1.54, 1.807) is 0 Å². The molecule has 15 rings (SSSR count). The molecule has 2 N–H and O–H groups in total. The van der Waals surface area contributed by atoms with Gasteiger partial charge < -0.3 is 10.6 Å². The van der Waals surface area contributed by atoms with E-state index in [-0.39, 0.29) is 16.2 Å². The summed E-state index contributed by atoms with van der Waals surface area (Å²) in [7, 11) is 0. The number of nitrogens with two attached hydrogens (primary N) is 1. The molecule has 0 saturated carbocycles. The summed E-state index contributed by atoms with van der Waals surface area (Å²) in [4.78, 5) is 2.51. The smallest absolute Gasteiger partial charge is 0.0540 e. The lowest BCUT2D eigenvalue weighted by Crippen LogP contribution is -2.18. The van der Waals surface area contributed by atoms with Crippen LogP contribution in [0.15, 0.2) is 277 Å². The van der Waals surface area contributed by atoms with Crippen LogP contribution >= 0.6 is 15.9 Å². The fourth-order valence-corrected chi connectivity index (χ4v) is 14.2. The highest BCUT2D eigenvalue weighted by Gasteiger charge is 2.39. The largest absolute Gasteiger partial charge is 0.398 e. The normalized spacial score (nSPS) is 13.7. The number of nitrogens with zero attached hydrogens (tertiary/aromatic N) is 1. The monoisotopic (exact) mass is 1170 g/mol. The summed E-state index contributed by atoms with van der Waals surface area (Å²) in [6.45, 7) is 18.4. The fraction of sp³-hybridized carbons (Fsp3) is 0.133. The number of halogens is 1. The zero-order chi connectivity index (χ0) is 59.5. The van der Waals surface area contributed by atoms with E-state index in [9.17, 15) is 0 Å². The van der Waals surface area contributed by atoms with Gasteiger partial charge in [0.25, 0.3) is 0 Å². The van der Waals surface area contributed by atoms with Crippen molar-refractivity contribution in [2.75, 3.05) is 10.6 Å². The van der Waals surface area contributed by atoms with Crippen molar-refractivity contribution in [3.63, 3.8) is 0 Å². The molecule has 0 radical (unpaired) electrons. The van der Waals surface area contributed by atoms with Gasteiger partial charge in [-0.25, -0.2) is 0 Å². The van der Waals surface area contributed by atoms with E-state index in [4.69, 9.17) is 5.73 Å². The van der Waals surface area contributed by atoms with E-state index >= 15 is 0 Å². The average molecular weight is 1180 g/mol. The number of benzene rings is 12. The lowest BCUT2D eigenvalue weighted by atomic mass is 9.82.